The van der Waals surface area contributed by atoms with Gasteiger partial charge < -0.3 is 5.73 Å². The Bertz CT molecular complexity index is 673. The van der Waals surface area contributed by atoms with Crippen molar-refractivity contribution in [1.82, 2.24) is 4.48 Å². The first-order valence-electron chi connectivity index (χ1n) is 9.45. The van der Waals surface area contributed by atoms with Gasteiger partial charge in [-0.2, -0.15) is 0 Å². The standard InChI is InChI=1S/C20H29N3O2/c1-13(2)15-9-8-14(3)12-16(15)19(24)23(11-10-21)18-7-5-4-6-17(18)22-20(23)25/h4-7,13-16H,8-12,21H2,1-3H3/p+1. The molecule has 1 saturated carbocycles. The zero-order valence-corrected chi connectivity index (χ0v) is 15.5. The summed E-state index contributed by atoms with van der Waals surface area (Å²) in [5, 5.41) is 2.91. The van der Waals surface area contributed by atoms with Gasteiger partial charge in [-0.1, -0.05) is 39.3 Å². The first-order valence-corrected chi connectivity index (χ1v) is 9.45. The number of hydrogen-bond donors (Lipinski definition) is 2. The maximum absolute atomic E-state index is 13.8. The number of benzene rings is 1. The second kappa shape index (κ2) is 6.89. The van der Waals surface area contributed by atoms with E-state index in [9.17, 15) is 9.59 Å². The van der Waals surface area contributed by atoms with E-state index in [1.54, 1.807) is 0 Å². The number of urea groups is 1. The van der Waals surface area contributed by atoms with Crippen LogP contribution >= 0.6 is 0 Å². The lowest BCUT2D eigenvalue weighted by atomic mass is 9.69. The number of carbonyl (C=O) groups excluding carboxylic acids is 2. The van der Waals surface area contributed by atoms with Crippen LogP contribution in [0.5, 0.6) is 0 Å². The molecule has 1 heterocycles. The van der Waals surface area contributed by atoms with Crippen molar-refractivity contribution >= 4 is 23.3 Å². The molecule has 1 aliphatic carbocycles. The van der Waals surface area contributed by atoms with Gasteiger partial charge in [0.2, 0.25) is 0 Å². The van der Waals surface area contributed by atoms with Crippen molar-refractivity contribution in [3.05, 3.63) is 24.3 Å². The molecule has 1 fully saturated rings. The van der Waals surface area contributed by atoms with Crippen molar-refractivity contribution < 1.29 is 9.59 Å². The number of anilines is 1. The summed E-state index contributed by atoms with van der Waals surface area (Å²) in [6.45, 7) is 7.19. The summed E-state index contributed by atoms with van der Waals surface area (Å²) in [7, 11) is 0. The zero-order chi connectivity index (χ0) is 18.2. The molecular weight excluding hydrogens is 314 g/mol. The van der Waals surface area contributed by atoms with Gasteiger partial charge in [0, 0.05) is 12.6 Å². The molecule has 25 heavy (non-hydrogen) atoms. The minimum atomic E-state index is -0.271. The van der Waals surface area contributed by atoms with E-state index >= 15 is 0 Å². The van der Waals surface area contributed by atoms with Crippen LogP contribution in [0.2, 0.25) is 0 Å². The second-order valence-electron chi connectivity index (χ2n) is 8.04. The smallest absolute Gasteiger partial charge is 0.326 e. The average Bonchev–Trinajstić information content (AvgIpc) is 2.87. The van der Waals surface area contributed by atoms with Crippen LogP contribution in [0.15, 0.2) is 24.3 Å². The number of nitrogens with zero attached hydrogens (tertiary/aromatic N) is 1. The third-order valence-corrected chi connectivity index (χ3v) is 6.08. The lowest BCUT2D eigenvalue weighted by Gasteiger charge is -2.39. The predicted octanol–water partition coefficient (Wildman–Crippen LogP) is 3.73. The minimum absolute atomic E-state index is 0.0261. The highest BCUT2D eigenvalue weighted by atomic mass is 16.2. The molecular formula is C20H30N3O2+. The monoisotopic (exact) mass is 344 g/mol. The average molecular weight is 344 g/mol. The molecule has 3 N–H and O–H groups in total. The Morgan fingerprint density at radius 1 is 1.32 bits per heavy atom. The molecule has 136 valence electrons. The van der Waals surface area contributed by atoms with Crippen LogP contribution in [0.3, 0.4) is 0 Å². The Morgan fingerprint density at radius 2 is 2.04 bits per heavy atom. The summed E-state index contributed by atoms with van der Waals surface area (Å²) in [6, 6.07) is 7.26. The molecule has 0 aromatic heterocycles. The van der Waals surface area contributed by atoms with E-state index in [4.69, 9.17) is 5.73 Å². The van der Waals surface area contributed by atoms with Crippen LogP contribution in [0.1, 0.15) is 40.0 Å². The number of amides is 3. The lowest BCUT2D eigenvalue weighted by molar-refractivity contribution is -0.136. The number of rotatable bonds is 4. The molecule has 3 amide bonds. The van der Waals surface area contributed by atoms with E-state index in [1.807, 2.05) is 24.3 Å². The number of fused-ring (bicyclic) bond motifs is 1. The number of nitrogens with one attached hydrogen (secondary N) is 1. The maximum Gasteiger partial charge on any atom is 0.433 e. The lowest BCUT2D eigenvalue weighted by Crippen LogP contribution is -2.62. The summed E-state index contributed by atoms with van der Waals surface area (Å²) in [6.07, 6.45) is 3.08. The summed E-state index contributed by atoms with van der Waals surface area (Å²) in [4.78, 5) is 26.8. The number of quaternary nitrogens is 1. The van der Waals surface area contributed by atoms with Crippen molar-refractivity contribution in [3.63, 3.8) is 0 Å². The Labute approximate surface area is 150 Å². The van der Waals surface area contributed by atoms with Gasteiger partial charge in [-0.15, -0.1) is 4.48 Å². The normalized spacial score (nSPS) is 31.7. The first kappa shape index (κ1) is 18.1. The number of nitrogens with two attached hydrogens (primary N) is 1. The predicted molar refractivity (Wildman–Crippen MR) is 101 cm³/mol. The Hall–Kier alpha value is -1.72. The molecule has 0 radical (unpaired) electrons. The van der Waals surface area contributed by atoms with Gasteiger partial charge in [0.1, 0.15) is 12.2 Å². The summed E-state index contributed by atoms with van der Waals surface area (Å²) < 4.78 is -0.271. The van der Waals surface area contributed by atoms with Crippen LogP contribution in [0.4, 0.5) is 16.2 Å². The largest absolute Gasteiger partial charge is 0.433 e. The molecule has 4 atom stereocenters. The molecule has 5 nitrogen and oxygen atoms in total. The van der Waals surface area contributed by atoms with Crippen molar-refractivity contribution in [2.45, 2.75) is 40.0 Å². The van der Waals surface area contributed by atoms with Crippen LogP contribution in [-0.4, -0.2) is 25.0 Å². The fourth-order valence-corrected chi connectivity index (χ4v) is 4.75. The molecule has 3 rings (SSSR count). The number of hydrogen-bond acceptors (Lipinski definition) is 3. The van der Waals surface area contributed by atoms with E-state index < -0.39 is 0 Å². The van der Waals surface area contributed by atoms with Crippen LogP contribution in [0, 0.1) is 23.7 Å². The van der Waals surface area contributed by atoms with E-state index in [-0.39, 0.29) is 22.3 Å². The quantitative estimate of drug-likeness (QED) is 0.818. The van der Waals surface area contributed by atoms with Crippen LogP contribution in [-0.2, 0) is 4.79 Å². The fourth-order valence-electron chi connectivity index (χ4n) is 4.75. The topological polar surface area (TPSA) is 72.2 Å². The molecule has 1 aromatic carbocycles. The highest BCUT2D eigenvalue weighted by Gasteiger charge is 2.56. The van der Waals surface area contributed by atoms with Gasteiger partial charge in [0.25, 0.3) is 0 Å². The number of imide groups is 1. The van der Waals surface area contributed by atoms with Gasteiger partial charge in [0.15, 0.2) is 5.69 Å². The van der Waals surface area contributed by atoms with Gasteiger partial charge in [-0.05, 0) is 36.7 Å². The highest BCUT2D eigenvalue weighted by molar-refractivity contribution is 6.20. The molecule has 0 spiro atoms. The molecule has 4 unspecified atom stereocenters. The van der Waals surface area contributed by atoms with Crippen molar-refractivity contribution in [2.24, 2.45) is 29.4 Å². The van der Waals surface area contributed by atoms with E-state index in [1.165, 1.54) is 0 Å². The Morgan fingerprint density at radius 3 is 2.72 bits per heavy atom. The Kier molecular flexibility index (Phi) is 4.98. The van der Waals surface area contributed by atoms with E-state index in [0.29, 0.717) is 30.8 Å². The summed E-state index contributed by atoms with van der Waals surface area (Å²) in [5.41, 5.74) is 7.34. The maximum atomic E-state index is 13.8. The molecule has 5 heteroatoms. The second-order valence-corrected chi connectivity index (χ2v) is 8.04. The summed E-state index contributed by atoms with van der Waals surface area (Å²) >= 11 is 0. The third-order valence-electron chi connectivity index (χ3n) is 6.08. The van der Waals surface area contributed by atoms with Crippen LogP contribution in [0.25, 0.3) is 0 Å². The zero-order valence-electron chi connectivity index (χ0n) is 15.5. The number of para-hydroxylation sites is 2. The van der Waals surface area contributed by atoms with Gasteiger partial charge in [0.05, 0.1) is 5.92 Å². The molecule has 1 aromatic rings. The van der Waals surface area contributed by atoms with Gasteiger partial charge >= 0.3 is 11.9 Å². The molecule has 0 saturated heterocycles. The highest BCUT2D eigenvalue weighted by Crippen LogP contribution is 2.45. The Balaban J connectivity index is 2.06. The van der Waals surface area contributed by atoms with Crippen molar-refractivity contribution in [3.8, 4) is 0 Å². The summed E-state index contributed by atoms with van der Waals surface area (Å²) in [5.74, 6) is 1.21. The minimum Gasteiger partial charge on any atom is -0.326 e. The number of carbonyl (C=O) groups is 2. The fraction of sp³-hybridized carbons (Fsp3) is 0.600. The van der Waals surface area contributed by atoms with Crippen molar-refractivity contribution in [2.75, 3.05) is 18.4 Å². The van der Waals surface area contributed by atoms with Crippen molar-refractivity contribution in [1.29, 1.82) is 0 Å². The first-order chi connectivity index (χ1) is 11.9. The third kappa shape index (κ3) is 2.89. The van der Waals surface area contributed by atoms with E-state index in [2.05, 4.69) is 26.1 Å². The van der Waals surface area contributed by atoms with E-state index in [0.717, 1.165) is 30.6 Å². The van der Waals surface area contributed by atoms with Gasteiger partial charge in [-0.25, -0.2) is 9.59 Å². The molecule has 2 aliphatic rings. The molecule has 0 bridgehead atoms. The van der Waals surface area contributed by atoms with Crippen LogP contribution < -0.4 is 15.5 Å². The molecule has 1 aliphatic heterocycles. The van der Waals surface area contributed by atoms with Gasteiger partial charge in [-0.3, -0.25) is 5.32 Å². The SMILES string of the molecule is CC1CCC(C(C)C)C(C(=O)[N+]2(CCN)C(=O)Nc3ccccc32)C1.